The van der Waals surface area contributed by atoms with Crippen LogP contribution in [0.25, 0.3) is 6.08 Å². The molecule has 0 fully saturated rings. The van der Waals surface area contributed by atoms with Gasteiger partial charge in [-0.15, -0.1) is 11.8 Å². The number of methoxy groups -OCH3 is 2. The Balaban J connectivity index is 1.42. The van der Waals surface area contributed by atoms with E-state index < -0.39 is 11.8 Å². The van der Waals surface area contributed by atoms with E-state index in [4.69, 9.17) is 9.47 Å². The second-order valence-corrected chi connectivity index (χ2v) is 11.7. The summed E-state index contributed by atoms with van der Waals surface area (Å²) in [4.78, 5) is 43.7. The number of carbonyl (C=O) groups excluding carboxylic acids is 3. The molecule has 4 aromatic rings. The van der Waals surface area contributed by atoms with E-state index in [1.165, 1.54) is 37.7 Å². The van der Waals surface area contributed by atoms with E-state index in [1.807, 2.05) is 6.92 Å². The van der Waals surface area contributed by atoms with Crippen LogP contribution in [0.5, 0.6) is 11.5 Å². The minimum Gasteiger partial charge on any atom is -0.493 e. The molecule has 13 heteroatoms. The van der Waals surface area contributed by atoms with Gasteiger partial charge >= 0.3 is 0 Å². The summed E-state index contributed by atoms with van der Waals surface area (Å²) in [5.74, 6) is 0.925. The summed E-state index contributed by atoms with van der Waals surface area (Å²) >= 11 is 4.01. The Kier molecular flexibility index (Phi) is 11.6. The van der Waals surface area contributed by atoms with Gasteiger partial charge < -0.3 is 20.1 Å². The molecule has 0 aliphatic heterocycles. The molecule has 3 amide bonds. The fraction of sp³-hybridized carbons (Fsp3) is 0.167. The lowest BCUT2D eigenvalue weighted by atomic mass is 10.1. The zero-order chi connectivity index (χ0) is 30.6. The average Bonchev–Trinajstić information content (AvgIpc) is 3.47. The smallest absolute Gasteiger partial charge is 0.272 e. The molecule has 43 heavy (non-hydrogen) atoms. The number of thioether (sulfide) groups is 2. The molecule has 0 atom stereocenters. The number of nitrogens with zero attached hydrogens (tertiary/aromatic N) is 2. The number of amides is 3. The quantitative estimate of drug-likeness (QED) is 0.123. The Morgan fingerprint density at radius 2 is 1.65 bits per heavy atom. The molecule has 0 aliphatic carbocycles. The first kappa shape index (κ1) is 31.6. The number of ether oxygens (including phenoxy) is 2. The third-order valence-electron chi connectivity index (χ3n) is 5.66. The number of hydrogen-bond acceptors (Lipinski definition) is 10. The highest BCUT2D eigenvalue weighted by atomic mass is 32.2. The third-order valence-corrected chi connectivity index (χ3v) is 8.14. The Morgan fingerprint density at radius 3 is 2.35 bits per heavy atom. The summed E-state index contributed by atoms with van der Waals surface area (Å²) in [6.07, 6.45) is 1.56. The topological polar surface area (TPSA) is 132 Å². The second kappa shape index (κ2) is 15.8. The lowest BCUT2D eigenvalue weighted by Gasteiger charge is -2.13. The summed E-state index contributed by atoms with van der Waals surface area (Å²) in [6.45, 7) is 2.01. The van der Waals surface area contributed by atoms with Crippen LogP contribution in [-0.2, 0) is 9.59 Å². The first-order chi connectivity index (χ1) is 20.9. The van der Waals surface area contributed by atoms with Crippen molar-refractivity contribution in [2.45, 2.75) is 17.0 Å². The normalized spacial score (nSPS) is 11.0. The SMILES string of the molecule is CCSc1nsc(NC(=O)CSc2ccc(NC(=O)/C(=C/c3ccc(OC)c(OC)c3)NC(=O)c3ccccc3)cc2)n1. The molecule has 0 bridgehead atoms. The molecule has 10 nitrogen and oxygen atoms in total. The number of carbonyl (C=O) groups is 3. The number of hydrogen-bond donors (Lipinski definition) is 3. The van der Waals surface area contributed by atoms with Crippen molar-refractivity contribution in [3.05, 3.63) is 89.6 Å². The van der Waals surface area contributed by atoms with Gasteiger partial charge in [0, 0.05) is 27.7 Å². The van der Waals surface area contributed by atoms with E-state index in [0.717, 1.165) is 22.2 Å². The predicted octanol–water partition coefficient (Wildman–Crippen LogP) is 5.81. The van der Waals surface area contributed by atoms with Crippen molar-refractivity contribution in [2.75, 3.05) is 36.4 Å². The maximum Gasteiger partial charge on any atom is 0.272 e. The van der Waals surface area contributed by atoms with Crippen LogP contribution in [0.3, 0.4) is 0 Å². The molecule has 222 valence electrons. The highest BCUT2D eigenvalue weighted by Crippen LogP contribution is 2.28. The molecule has 0 radical (unpaired) electrons. The van der Waals surface area contributed by atoms with Crippen molar-refractivity contribution in [1.82, 2.24) is 14.7 Å². The Bertz CT molecular complexity index is 1590. The molecule has 0 spiro atoms. The van der Waals surface area contributed by atoms with E-state index in [0.29, 0.717) is 38.6 Å². The molecule has 4 rings (SSSR count). The largest absolute Gasteiger partial charge is 0.493 e. The molecular weight excluding hydrogens is 607 g/mol. The molecule has 1 heterocycles. The van der Waals surface area contributed by atoms with E-state index >= 15 is 0 Å². The summed E-state index contributed by atoms with van der Waals surface area (Å²) in [7, 11) is 3.05. The molecule has 0 aliphatic rings. The monoisotopic (exact) mass is 635 g/mol. The summed E-state index contributed by atoms with van der Waals surface area (Å²) in [5.41, 5.74) is 1.58. The highest BCUT2D eigenvalue weighted by Gasteiger charge is 2.16. The highest BCUT2D eigenvalue weighted by molar-refractivity contribution is 8.00. The van der Waals surface area contributed by atoms with Gasteiger partial charge in [-0.2, -0.15) is 9.36 Å². The maximum absolute atomic E-state index is 13.4. The minimum absolute atomic E-state index is 0.0355. The number of rotatable bonds is 13. The maximum atomic E-state index is 13.4. The van der Waals surface area contributed by atoms with Crippen molar-refractivity contribution in [2.24, 2.45) is 0 Å². The van der Waals surface area contributed by atoms with Crippen LogP contribution in [0.1, 0.15) is 22.8 Å². The van der Waals surface area contributed by atoms with Gasteiger partial charge in [0.2, 0.25) is 16.2 Å². The van der Waals surface area contributed by atoms with Crippen molar-refractivity contribution < 1.29 is 23.9 Å². The van der Waals surface area contributed by atoms with Gasteiger partial charge in [-0.25, -0.2) is 0 Å². The second-order valence-electron chi connectivity index (χ2n) is 8.62. The van der Waals surface area contributed by atoms with Crippen LogP contribution in [0.15, 0.2) is 88.5 Å². The molecule has 3 aromatic carbocycles. The van der Waals surface area contributed by atoms with Gasteiger partial charge in [-0.1, -0.05) is 43.0 Å². The molecule has 0 unspecified atom stereocenters. The van der Waals surface area contributed by atoms with Crippen LogP contribution in [0.2, 0.25) is 0 Å². The molecule has 0 saturated heterocycles. The lowest BCUT2D eigenvalue weighted by Crippen LogP contribution is -2.30. The molecular formula is C30H29N5O5S3. The van der Waals surface area contributed by atoms with E-state index in [-0.39, 0.29) is 17.4 Å². The van der Waals surface area contributed by atoms with Crippen molar-refractivity contribution in [1.29, 1.82) is 0 Å². The average molecular weight is 636 g/mol. The van der Waals surface area contributed by atoms with Crippen LogP contribution < -0.4 is 25.4 Å². The van der Waals surface area contributed by atoms with Crippen LogP contribution in [-0.4, -0.2) is 52.8 Å². The molecule has 1 aromatic heterocycles. The number of aromatic nitrogens is 2. The van der Waals surface area contributed by atoms with Crippen molar-refractivity contribution in [3.63, 3.8) is 0 Å². The minimum atomic E-state index is -0.517. The van der Waals surface area contributed by atoms with Gasteiger partial charge in [0.1, 0.15) is 5.70 Å². The number of nitrogens with one attached hydrogen (secondary N) is 3. The summed E-state index contributed by atoms with van der Waals surface area (Å²) in [5, 5.41) is 9.42. The number of benzene rings is 3. The van der Waals surface area contributed by atoms with Gasteiger partial charge in [-0.05, 0) is 65.9 Å². The zero-order valence-electron chi connectivity index (χ0n) is 23.6. The number of anilines is 2. The standard InChI is InChI=1S/C30H29N5O5S3/c1-4-41-30-34-29(43-35-30)33-26(36)18-42-22-13-11-21(12-14-22)31-28(38)23(32-27(37)20-8-6-5-7-9-20)16-19-10-15-24(39-2)25(17-19)40-3/h5-17H,4,18H2,1-3H3,(H,31,38)(H,32,37)(H,33,34,35,36)/b23-16-. The predicted molar refractivity (Wildman–Crippen MR) is 172 cm³/mol. The molecule has 0 saturated carbocycles. The lowest BCUT2D eigenvalue weighted by molar-refractivity contribution is -0.114. The summed E-state index contributed by atoms with van der Waals surface area (Å²) < 4.78 is 14.9. The Labute approximate surface area is 261 Å². The van der Waals surface area contributed by atoms with Gasteiger partial charge in [-0.3, -0.25) is 19.7 Å². The van der Waals surface area contributed by atoms with E-state index in [1.54, 1.807) is 78.9 Å². The van der Waals surface area contributed by atoms with E-state index in [9.17, 15) is 14.4 Å². The zero-order valence-corrected chi connectivity index (χ0v) is 26.0. The van der Waals surface area contributed by atoms with Gasteiger partial charge in [0.25, 0.3) is 11.8 Å². The van der Waals surface area contributed by atoms with Crippen LogP contribution >= 0.6 is 35.1 Å². The van der Waals surface area contributed by atoms with E-state index in [2.05, 4.69) is 25.3 Å². The van der Waals surface area contributed by atoms with Gasteiger partial charge in [0.05, 0.1) is 20.0 Å². The van der Waals surface area contributed by atoms with Gasteiger partial charge in [0.15, 0.2) is 11.5 Å². The first-order valence-corrected chi connectivity index (χ1v) is 15.7. The fourth-order valence-electron chi connectivity index (χ4n) is 3.64. The fourth-order valence-corrected chi connectivity index (χ4v) is 5.62. The first-order valence-electron chi connectivity index (χ1n) is 13.0. The van der Waals surface area contributed by atoms with Crippen molar-refractivity contribution >= 4 is 69.7 Å². The third kappa shape index (κ3) is 9.33. The van der Waals surface area contributed by atoms with Crippen LogP contribution in [0.4, 0.5) is 10.8 Å². The van der Waals surface area contributed by atoms with Crippen LogP contribution in [0, 0.1) is 0 Å². The molecule has 3 N–H and O–H groups in total. The summed E-state index contributed by atoms with van der Waals surface area (Å²) in [6, 6.07) is 20.8. The van der Waals surface area contributed by atoms with Crippen molar-refractivity contribution in [3.8, 4) is 11.5 Å². The Morgan fingerprint density at radius 1 is 0.907 bits per heavy atom. The Hall–Kier alpha value is -4.33.